The number of halogens is 3. The number of amides is 2. The van der Waals surface area contributed by atoms with Crippen molar-refractivity contribution < 1.29 is 22.8 Å². The van der Waals surface area contributed by atoms with Gasteiger partial charge in [0.15, 0.2) is 5.82 Å². The van der Waals surface area contributed by atoms with Crippen LogP contribution in [0.15, 0.2) is 30.3 Å². The molecule has 2 aromatic rings. The molecule has 2 heterocycles. The third kappa shape index (κ3) is 3.84. The van der Waals surface area contributed by atoms with Crippen LogP contribution < -0.4 is 9.80 Å². The fourth-order valence-corrected chi connectivity index (χ4v) is 5.04. The van der Waals surface area contributed by atoms with E-state index in [9.17, 15) is 28.0 Å². The first-order valence-corrected chi connectivity index (χ1v) is 10.7. The van der Waals surface area contributed by atoms with Crippen LogP contribution in [-0.2, 0) is 15.8 Å². The van der Waals surface area contributed by atoms with Crippen LogP contribution >= 0.6 is 0 Å². The van der Waals surface area contributed by atoms with Crippen molar-refractivity contribution in [2.24, 2.45) is 11.8 Å². The molecule has 9 heteroatoms. The second-order valence-corrected chi connectivity index (χ2v) is 8.71. The van der Waals surface area contributed by atoms with Crippen molar-refractivity contribution in [1.29, 1.82) is 5.26 Å². The minimum Gasteiger partial charge on any atom is -0.314 e. The molecule has 0 bridgehead atoms. The Morgan fingerprint density at radius 2 is 1.97 bits per heavy atom. The van der Waals surface area contributed by atoms with Gasteiger partial charge in [0, 0.05) is 30.3 Å². The predicted octanol–water partition coefficient (Wildman–Crippen LogP) is 4.38. The Morgan fingerprint density at radius 1 is 1.24 bits per heavy atom. The number of carbonyl (C=O) groups excluding carboxylic acids is 2. The number of nitrogens with zero attached hydrogens (tertiary/aromatic N) is 4. The number of nitriles is 1. The minimum atomic E-state index is -4.80. The van der Waals surface area contributed by atoms with Crippen molar-refractivity contribution in [2.45, 2.75) is 45.3 Å². The number of aryl methyl sites for hydroxylation is 2. The Balaban J connectivity index is 1.85. The van der Waals surface area contributed by atoms with Crippen molar-refractivity contribution in [2.75, 3.05) is 16.8 Å². The second-order valence-electron chi connectivity index (χ2n) is 8.71. The first-order valence-electron chi connectivity index (χ1n) is 10.7. The Kier molecular flexibility index (Phi) is 5.64. The zero-order valence-electron chi connectivity index (χ0n) is 18.5. The number of pyridine rings is 1. The molecule has 2 fully saturated rings. The number of likely N-dealkylation sites (N-methyl/N-ethyl adjacent to an activating group) is 1. The zero-order valence-corrected chi connectivity index (χ0v) is 18.5. The van der Waals surface area contributed by atoms with Crippen LogP contribution in [0.2, 0.25) is 0 Å². The quantitative estimate of drug-likeness (QED) is 0.687. The van der Waals surface area contributed by atoms with Crippen molar-refractivity contribution in [3.8, 4) is 6.07 Å². The van der Waals surface area contributed by atoms with Gasteiger partial charge in [-0.2, -0.15) is 18.4 Å². The van der Waals surface area contributed by atoms with Crippen molar-refractivity contribution in [1.82, 2.24) is 4.98 Å². The molecule has 1 saturated carbocycles. The summed E-state index contributed by atoms with van der Waals surface area (Å²) >= 11 is 0. The summed E-state index contributed by atoms with van der Waals surface area (Å²) in [5.41, 5.74) is -0.331. The summed E-state index contributed by atoms with van der Waals surface area (Å²) in [6.07, 6.45) is -2.89. The molecule has 1 aliphatic carbocycles. The number of fused-ring (bicyclic) bond motifs is 1. The zero-order chi connectivity index (χ0) is 24.1. The molecule has 0 radical (unpaired) electrons. The summed E-state index contributed by atoms with van der Waals surface area (Å²) in [5, 5.41) is 9.62. The van der Waals surface area contributed by atoms with Gasteiger partial charge >= 0.3 is 6.18 Å². The van der Waals surface area contributed by atoms with E-state index in [2.05, 4.69) is 4.98 Å². The van der Waals surface area contributed by atoms with Crippen LogP contribution in [0.5, 0.6) is 0 Å². The van der Waals surface area contributed by atoms with Gasteiger partial charge in [0.25, 0.3) is 0 Å². The van der Waals surface area contributed by atoms with E-state index in [1.54, 1.807) is 25.2 Å². The van der Waals surface area contributed by atoms with Crippen molar-refractivity contribution in [3.63, 3.8) is 0 Å². The summed E-state index contributed by atoms with van der Waals surface area (Å²) in [7, 11) is 1.58. The Labute approximate surface area is 189 Å². The SMILES string of the molecule is Cc1cccc(N(C)C(=O)[C@H]2C3CCCC3C(=O)N2c2nc(C)cc(C(F)(F)F)c2C#N)c1. The van der Waals surface area contributed by atoms with Gasteiger partial charge in [-0.3, -0.25) is 14.5 Å². The Hall–Kier alpha value is -3.41. The number of aromatic nitrogens is 1. The third-order valence-corrected chi connectivity index (χ3v) is 6.55. The number of hydrogen-bond acceptors (Lipinski definition) is 4. The van der Waals surface area contributed by atoms with Gasteiger partial charge in [0.1, 0.15) is 17.7 Å². The molecule has 1 saturated heterocycles. The molecule has 6 nitrogen and oxygen atoms in total. The number of rotatable bonds is 3. The average Bonchev–Trinajstić information content (AvgIpc) is 3.33. The monoisotopic (exact) mass is 456 g/mol. The smallest absolute Gasteiger partial charge is 0.314 e. The third-order valence-electron chi connectivity index (χ3n) is 6.55. The fourth-order valence-electron chi connectivity index (χ4n) is 5.04. The molecule has 1 aromatic carbocycles. The van der Waals surface area contributed by atoms with E-state index in [4.69, 9.17) is 0 Å². The highest BCUT2D eigenvalue weighted by atomic mass is 19.4. The summed E-state index contributed by atoms with van der Waals surface area (Å²) in [5.74, 6) is -2.07. The molecule has 2 unspecified atom stereocenters. The molecule has 33 heavy (non-hydrogen) atoms. The molecular weight excluding hydrogens is 433 g/mol. The van der Waals surface area contributed by atoms with Crippen molar-refractivity contribution in [3.05, 3.63) is 52.7 Å². The maximum Gasteiger partial charge on any atom is 0.417 e. The van der Waals surface area contributed by atoms with Crippen LogP contribution in [0, 0.1) is 37.0 Å². The first kappa shape index (κ1) is 22.8. The molecule has 4 rings (SSSR count). The fraction of sp³-hybridized carbons (Fsp3) is 0.417. The molecule has 172 valence electrons. The lowest BCUT2D eigenvalue weighted by molar-refractivity contribution is -0.138. The minimum absolute atomic E-state index is 0.0134. The van der Waals surface area contributed by atoms with Gasteiger partial charge in [-0.25, -0.2) is 4.98 Å². The normalized spacial score (nSPS) is 22.3. The van der Waals surface area contributed by atoms with Gasteiger partial charge in [0.05, 0.1) is 5.56 Å². The lowest BCUT2D eigenvalue weighted by Crippen LogP contribution is -2.49. The molecule has 1 aliphatic heterocycles. The van der Waals surface area contributed by atoms with E-state index in [-0.39, 0.29) is 17.4 Å². The Morgan fingerprint density at radius 3 is 2.61 bits per heavy atom. The highest BCUT2D eigenvalue weighted by molar-refractivity contribution is 6.10. The van der Waals surface area contributed by atoms with Gasteiger partial charge in [-0.1, -0.05) is 18.6 Å². The van der Waals surface area contributed by atoms with E-state index >= 15 is 0 Å². The molecule has 1 aromatic heterocycles. The molecule has 2 aliphatic rings. The molecule has 2 amide bonds. The molecule has 3 atom stereocenters. The van der Waals surface area contributed by atoms with Gasteiger partial charge in [-0.15, -0.1) is 0 Å². The molecular formula is C24H23F3N4O2. The first-order chi connectivity index (χ1) is 15.5. The number of benzene rings is 1. The summed E-state index contributed by atoms with van der Waals surface area (Å²) in [4.78, 5) is 33.7. The van der Waals surface area contributed by atoms with E-state index in [1.807, 2.05) is 19.1 Å². The highest BCUT2D eigenvalue weighted by Crippen LogP contribution is 2.47. The molecule has 0 spiro atoms. The van der Waals surface area contributed by atoms with Crippen molar-refractivity contribution >= 4 is 23.3 Å². The van der Waals surface area contributed by atoms with Gasteiger partial charge in [0.2, 0.25) is 11.8 Å². The van der Waals surface area contributed by atoms with Gasteiger partial charge < -0.3 is 4.90 Å². The summed E-state index contributed by atoms with van der Waals surface area (Å²) < 4.78 is 41.1. The molecule has 0 N–H and O–H groups in total. The van der Waals surface area contributed by atoms with Crippen LogP contribution in [0.1, 0.15) is 41.6 Å². The van der Waals surface area contributed by atoms with E-state index < -0.39 is 41.1 Å². The maximum atomic E-state index is 13.7. The van der Waals surface area contributed by atoms with E-state index in [0.29, 0.717) is 18.5 Å². The topological polar surface area (TPSA) is 77.3 Å². The Bertz CT molecular complexity index is 1170. The summed E-state index contributed by atoms with van der Waals surface area (Å²) in [6, 6.07) is 8.61. The highest BCUT2D eigenvalue weighted by Gasteiger charge is 2.55. The standard InChI is InChI=1S/C24H23F3N4O2/c1-13-6-4-7-15(10-13)30(3)23(33)20-16-8-5-9-17(16)22(32)31(20)21-18(12-28)19(24(25,26)27)11-14(2)29-21/h4,6-7,10-11,16-17,20H,5,8-9H2,1-3H3/t16?,17?,20-/m1/s1. The largest absolute Gasteiger partial charge is 0.417 e. The lowest BCUT2D eigenvalue weighted by atomic mass is 9.92. The number of hydrogen-bond donors (Lipinski definition) is 0. The van der Waals surface area contributed by atoms with Crippen LogP contribution in [-0.4, -0.2) is 29.9 Å². The maximum absolute atomic E-state index is 13.7. The van der Waals surface area contributed by atoms with Crippen LogP contribution in [0.25, 0.3) is 0 Å². The van der Waals surface area contributed by atoms with Gasteiger partial charge in [-0.05, 0) is 50.5 Å². The second kappa shape index (κ2) is 8.18. The number of carbonyl (C=O) groups is 2. The van der Waals surface area contributed by atoms with E-state index in [0.717, 1.165) is 23.0 Å². The predicted molar refractivity (Wildman–Crippen MR) is 115 cm³/mol. The van der Waals surface area contributed by atoms with Crippen LogP contribution in [0.4, 0.5) is 24.7 Å². The lowest BCUT2D eigenvalue weighted by Gasteiger charge is -2.31. The average molecular weight is 456 g/mol. The van der Waals surface area contributed by atoms with E-state index in [1.165, 1.54) is 11.8 Å². The number of alkyl halides is 3. The number of anilines is 2. The summed E-state index contributed by atoms with van der Waals surface area (Å²) in [6.45, 7) is 3.26. The van der Waals surface area contributed by atoms with Crippen LogP contribution in [0.3, 0.4) is 0 Å².